The molecule has 6 heteroatoms. The van der Waals surface area contributed by atoms with Crippen molar-refractivity contribution in [2.75, 3.05) is 24.5 Å². The van der Waals surface area contributed by atoms with Gasteiger partial charge in [0, 0.05) is 36.3 Å². The van der Waals surface area contributed by atoms with Gasteiger partial charge in [-0.1, -0.05) is 11.6 Å². The topological polar surface area (TPSA) is 61.4 Å². The lowest BCUT2D eigenvalue weighted by molar-refractivity contribution is -0.127. The summed E-state index contributed by atoms with van der Waals surface area (Å²) in [7, 11) is 0. The molecular weight excluding hydrogens is 302 g/mol. The predicted octanol–water partition coefficient (Wildman–Crippen LogP) is 1.56. The van der Waals surface area contributed by atoms with Crippen LogP contribution >= 0.6 is 11.6 Å². The van der Waals surface area contributed by atoms with Gasteiger partial charge in [0.25, 0.3) is 0 Å². The summed E-state index contributed by atoms with van der Waals surface area (Å²) in [5, 5.41) is 6.97. The van der Waals surface area contributed by atoms with Gasteiger partial charge in [0.15, 0.2) is 0 Å². The minimum Gasteiger partial charge on any atom is -0.352 e. The Morgan fingerprint density at radius 2 is 2.09 bits per heavy atom. The van der Waals surface area contributed by atoms with Gasteiger partial charge in [-0.25, -0.2) is 0 Å². The number of carbonyl (C=O) groups excluding carboxylic acids is 2. The molecule has 2 aliphatic rings. The van der Waals surface area contributed by atoms with Crippen molar-refractivity contribution >= 4 is 29.1 Å². The number of rotatable bonds is 3. The minimum atomic E-state index is -0.273. The zero-order chi connectivity index (χ0) is 15.5. The lowest BCUT2D eigenvalue weighted by Gasteiger charge is -2.25. The first-order valence-electron chi connectivity index (χ1n) is 7.70. The van der Waals surface area contributed by atoms with Crippen molar-refractivity contribution in [3.8, 4) is 0 Å². The lowest BCUT2D eigenvalue weighted by atomic mass is 10.0. The number of hydrogen-bond donors (Lipinski definition) is 2. The molecule has 0 saturated carbocycles. The number of carbonyl (C=O) groups is 2. The van der Waals surface area contributed by atoms with E-state index in [2.05, 4.69) is 10.6 Å². The summed E-state index contributed by atoms with van der Waals surface area (Å²) in [4.78, 5) is 26.2. The molecule has 0 spiro atoms. The van der Waals surface area contributed by atoms with E-state index in [0.29, 0.717) is 11.6 Å². The maximum atomic E-state index is 12.4. The second-order valence-electron chi connectivity index (χ2n) is 5.93. The molecule has 2 fully saturated rings. The van der Waals surface area contributed by atoms with E-state index in [1.807, 2.05) is 12.1 Å². The highest BCUT2D eigenvalue weighted by Crippen LogP contribution is 2.26. The summed E-state index contributed by atoms with van der Waals surface area (Å²) in [6.45, 7) is 2.26. The smallest absolute Gasteiger partial charge is 0.227 e. The predicted molar refractivity (Wildman–Crippen MR) is 85.9 cm³/mol. The van der Waals surface area contributed by atoms with Gasteiger partial charge in [-0.3, -0.25) is 9.59 Å². The van der Waals surface area contributed by atoms with E-state index in [1.54, 1.807) is 17.0 Å². The maximum absolute atomic E-state index is 12.4. The SMILES string of the molecule is O=C(NC1CCCNC1)C1CC(=O)N(c2ccc(Cl)cc2)C1. The molecule has 2 atom stereocenters. The first kappa shape index (κ1) is 15.3. The molecule has 22 heavy (non-hydrogen) atoms. The fourth-order valence-corrected chi connectivity index (χ4v) is 3.17. The largest absolute Gasteiger partial charge is 0.352 e. The average molecular weight is 322 g/mol. The molecule has 0 aromatic heterocycles. The number of benzene rings is 1. The van der Waals surface area contributed by atoms with Gasteiger partial charge >= 0.3 is 0 Å². The second kappa shape index (κ2) is 6.67. The number of anilines is 1. The van der Waals surface area contributed by atoms with Crippen LogP contribution in [0.15, 0.2) is 24.3 Å². The number of piperidine rings is 1. The molecule has 1 aromatic rings. The van der Waals surface area contributed by atoms with Crippen molar-refractivity contribution < 1.29 is 9.59 Å². The molecule has 0 aliphatic carbocycles. The molecule has 2 heterocycles. The van der Waals surface area contributed by atoms with Crippen molar-refractivity contribution in [1.82, 2.24) is 10.6 Å². The summed E-state index contributed by atoms with van der Waals surface area (Å²) in [5.41, 5.74) is 0.795. The summed E-state index contributed by atoms with van der Waals surface area (Å²) in [5.74, 6) is -0.298. The minimum absolute atomic E-state index is 0.00996. The fourth-order valence-electron chi connectivity index (χ4n) is 3.05. The van der Waals surface area contributed by atoms with Gasteiger partial charge in [0.2, 0.25) is 11.8 Å². The molecule has 118 valence electrons. The van der Waals surface area contributed by atoms with Crippen LogP contribution in [0.3, 0.4) is 0 Å². The number of hydrogen-bond acceptors (Lipinski definition) is 3. The van der Waals surface area contributed by atoms with E-state index in [1.165, 1.54) is 0 Å². The Labute approximate surface area is 135 Å². The van der Waals surface area contributed by atoms with Gasteiger partial charge in [-0.2, -0.15) is 0 Å². The van der Waals surface area contributed by atoms with E-state index in [4.69, 9.17) is 11.6 Å². The molecule has 2 saturated heterocycles. The zero-order valence-electron chi connectivity index (χ0n) is 12.3. The molecule has 0 bridgehead atoms. The molecular formula is C16H20ClN3O2. The van der Waals surface area contributed by atoms with Crippen LogP contribution in [0.25, 0.3) is 0 Å². The summed E-state index contributed by atoms with van der Waals surface area (Å²) in [6, 6.07) is 7.31. The highest BCUT2D eigenvalue weighted by molar-refractivity contribution is 6.30. The van der Waals surface area contributed by atoms with Crippen LogP contribution in [0.5, 0.6) is 0 Å². The third-order valence-electron chi connectivity index (χ3n) is 4.28. The second-order valence-corrected chi connectivity index (χ2v) is 6.37. The van der Waals surface area contributed by atoms with Crippen LogP contribution in [-0.4, -0.2) is 37.5 Å². The van der Waals surface area contributed by atoms with Gasteiger partial charge in [0.1, 0.15) is 0 Å². The van der Waals surface area contributed by atoms with Crippen molar-refractivity contribution in [2.45, 2.75) is 25.3 Å². The molecule has 2 N–H and O–H groups in total. The van der Waals surface area contributed by atoms with Gasteiger partial charge in [-0.05, 0) is 43.7 Å². The number of halogens is 1. The van der Waals surface area contributed by atoms with Gasteiger partial charge in [-0.15, -0.1) is 0 Å². The number of nitrogens with zero attached hydrogens (tertiary/aromatic N) is 1. The average Bonchev–Trinajstić information content (AvgIpc) is 2.91. The van der Waals surface area contributed by atoms with E-state index in [9.17, 15) is 9.59 Å². The summed E-state index contributed by atoms with van der Waals surface area (Å²) in [6.07, 6.45) is 2.35. The Bertz CT molecular complexity index is 555. The summed E-state index contributed by atoms with van der Waals surface area (Å²) < 4.78 is 0. The highest BCUT2D eigenvalue weighted by Gasteiger charge is 2.35. The van der Waals surface area contributed by atoms with Crippen molar-refractivity contribution in [3.63, 3.8) is 0 Å². The van der Waals surface area contributed by atoms with E-state index in [-0.39, 0.29) is 30.2 Å². The quantitative estimate of drug-likeness (QED) is 0.888. The third-order valence-corrected chi connectivity index (χ3v) is 4.53. The van der Waals surface area contributed by atoms with E-state index < -0.39 is 0 Å². The molecule has 5 nitrogen and oxygen atoms in total. The van der Waals surface area contributed by atoms with Gasteiger partial charge < -0.3 is 15.5 Å². The standard InChI is InChI=1S/C16H20ClN3O2/c17-12-3-5-14(6-4-12)20-10-11(8-15(20)21)16(22)19-13-2-1-7-18-9-13/h3-6,11,13,18H,1-2,7-10H2,(H,19,22). The molecule has 2 aliphatic heterocycles. The van der Waals surface area contributed by atoms with Crippen LogP contribution in [0.2, 0.25) is 5.02 Å². The van der Waals surface area contributed by atoms with Crippen molar-refractivity contribution in [3.05, 3.63) is 29.3 Å². The Balaban J connectivity index is 1.61. The normalized spacial score (nSPS) is 25.3. The molecule has 2 amide bonds. The Kier molecular flexibility index (Phi) is 4.64. The van der Waals surface area contributed by atoms with Crippen LogP contribution in [0, 0.1) is 5.92 Å². The number of amides is 2. The van der Waals surface area contributed by atoms with Crippen LogP contribution in [0.1, 0.15) is 19.3 Å². The first-order valence-corrected chi connectivity index (χ1v) is 8.08. The maximum Gasteiger partial charge on any atom is 0.227 e. The van der Waals surface area contributed by atoms with E-state index in [0.717, 1.165) is 31.6 Å². The molecule has 0 radical (unpaired) electrons. The Morgan fingerprint density at radius 3 is 2.77 bits per heavy atom. The molecule has 1 aromatic carbocycles. The fraction of sp³-hybridized carbons (Fsp3) is 0.500. The van der Waals surface area contributed by atoms with Gasteiger partial charge in [0.05, 0.1) is 5.92 Å². The number of nitrogens with one attached hydrogen (secondary N) is 2. The zero-order valence-corrected chi connectivity index (χ0v) is 13.1. The van der Waals surface area contributed by atoms with E-state index >= 15 is 0 Å². The third kappa shape index (κ3) is 3.42. The summed E-state index contributed by atoms with van der Waals surface area (Å²) >= 11 is 5.87. The van der Waals surface area contributed by atoms with Crippen molar-refractivity contribution in [2.24, 2.45) is 5.92 Å². The highest BCUT2D eigenvalue weighted by atomic mass is 35.5. The van der Waals surface area contributed by atoms with Crippen LogP contribution < -0.4 is 15.5 Å². The van der Waals surface area contributed by atoms with Crippen molar-refractivity contribution in [1.29, 1.82) is 0 Å². The Morgan fingerprint density at radius 1 is 1.32 bits per heavy atom. The Hall–Kier alpha value is -1.59. The van der Waals surface area contributed by atoms with Crippen LogP contribution in [0.4, 0.5) is 5.69 Å². The molecule has 2 unspecified atom stereocenters. The first-order chi connectivity index (χ1) is 10.6. The van der Waals surface area contributed by atoms with Crippen LogP contribution in [-0.2, 0) is 9.59 Å². The monoisotopic (exact) mass is 321 g/mol. The lowest BCUT2D eigenvalue weighted by Crippen LogP contribution is -2.47. The molecule has 3 rings (SSSR count).